The number of rotatable bonds is 1. The van der Waals surface area contributed by atoms with Gasteiger partial charge in [-0.15, -0.1) is 0 Å². The molecule has 1 heterocycles. The molecule has 0 aliphatic rings. The number of aromatic amines is 1. The van der Waals surface area contributed by atoms with Gasteiger partial charge in [0.05, 0.1) is 9.26 Å². The number of aryl methyl sites for hydroxylation is 1. The third-order valence-corrected chi connectivity index (χ3v) is 2.53. The second-order valence-corrected chi connectivity index (χ2v) is 3.41. The van der Waals surface area contributed by atoms with Crippen molar-refractivity contribution < 1.29 is 8.78 Å². The van der Waals surface area contributed by atoms with Crippen molar-refractivity contribution in [2.24, 2.45) is 0 Å². The van der Waals surface area contributed by atoms with Crippen LogP contribution in [-0.2, 0) is 0 Å². The highest BCUT2D eigenvalue weighted by Gasteiger charge is 2.14. The summed E-state index contributed by atoms with van der Waals surface area (Å²) in [6.45, 7) is 1.58. The quantitative estimate of drug-likeness (QED) is 0.788. The SMILES string of the molecule is Cc1c[nH]c(C(F)F)c(I)c1=O. The Morgan fingerprint density at radius 2 is 2.17 bits per heavy atom. The van der Waals surface area contributed by atoms with E-state index in [1.807, 2.05) is 0 Å². The largest absolute Gasteiger partial charge is 0.359 e. The van der Waals surface area contributed by atoms with Gasteiger partial charge in [-0.05, 0) is 29.5 Å². The van der Waals surface area contributed by atoms with Gasteiger partial charge >= 0.3 is 0 Å². The molecule has 0 atom stereocenters. The van der Waals surface area contributed by atoms with Crippen LogP contribution in [0.5, 0.6) is 0 Å². The fraction of sp³-hybridized carbons (Fsp3) is 0.286. The van der Waals surface area contributed by atoms with E-state index in [1.165, 1.54) is 6.20 Å². The van der Waals surface area contributed by atoms with Crippen molar-refractivity contribution in [3.63, 3.8) is 0 Å². The minimum Gasteiger partial charge on any atom is -0.359 e. The summed E-state index contributed by atoms with van der Waals surface area (Å²) >= 11 is 1.62. The molecule has 0 aliphatic carbocycles. The van der Waals surface area contributed by atoms with E-state index in [0.29, 0.717) is 5.56 Å². The zero-order chi connectivity index (χ0) is 9.30. The summed E-state index contributed by atoms with van der Waals surface area (Å²) in [5.41, 5.74) is -0.181. The van der Waals surface area contributed by atoms with Gasteiger partial charge < -0.3 is 4.98 Å². The molecular formula is C7H6F2INO. The lowest BCUT2D eigenvalue weighted by Crippen LogP contribution is -2.13. The van der Waals surface area contributed by atoms with Gasteiger partial charge in [-0.3, -0.25) is 4.79 Å². The third-order valence-electron chi connectivity index (χ3n) is 1.46. The molecule has 0 spiro atoms. The highest BCUT2D eigenvalue weighted by molar-refractivity contribution is 14.1. The van der Waals surface area contributed by atoms with E-state index >= 15 is 0 Å². The Bertz CT molecular complexity index is 348. The molecule has 1 aromatic heterocycles. The minimum atomic E-state index is -2.62. The number of hydrogen-bond donors (Lipinski definition) is 1. The Morgan fingerprint density at radius 3 is 2.67 bits per heavy atom. The van der Waals surface area contributed by atoms with Crippen LogP contribution in [0.1, 0.15) is 17.7 Å². The van der Waals surface area contributed by atoms with Gasteiger partial charge in [-0.1, -0.05) is 0 Å². The molecule has 2 nitrogen and oxygen atoms in total. The van der Waals surface area contributed by atoms with Crippen LogP contribution in [0.25, 0.3) is 0 Å². The lowest BCUT2D eigenvalue weighted by atomic mass is 10.2. The molecule has 0 aliphatic heterocycles. The molecule has 1 rings (SSSR count). The average molecular weight is 285 g/mol. The molecule has 66 valence electrons. The maximum Gasteiger partial charge on any atom is 0.279 e. The summed E-state index contributed by atoms with van der Waals surface area (Å²) in [7, 11) is 0. The number of H-pyrrole nitrogens is 1. The van der Waals surface area contributed by atoms with Crippen LogP contribution in [0.4, 0.5) is 8.78 Å². The van der Waals surface area contributed by atoms with Gasteiger partial charge in [0.1, 0.15) is 0 Å². The normalized spacial score (nSPS) is 10.8. The molecule has 0 saturated heterocycles. The van der Waals surface area contributed by atoms with Crippen molar-refractivity contribution in [1.82, 2.24) is 4.98 Å². The van der Waals surface area contributed by atoms with Gasteiger partial charge in [-0.2, -0.15) is 0 Å². The topological polar surface area (TPSA) is 32.9 Å². The number of halogens is 3. The lowest BCUT2D eigenvalue weighted by Gasteiger charge is -2.02. The molecule has 0 unspecified atom stereocenters. The summed E-state index contributed by atoms with van der Waals surface area (Å²) in [5, 5.41) is 0. The molecular weight excluding hydrogens is 279 g/mol. The van der Waals surface area contributed by atoms with E-state index in [1.54, 1.807) is 29.5 Å². The van der Waals surface area contributed by atoms with E-state index in [4.69, 9.17) is 0 Å². The van der Waals surface area contributed by atoms with Crippen molar-refractivity contribution in [2.75, 3.05) is 0 Å². The Morgan fingerprint density at radius 1 is 1.58 bits per heavy atom. The summed E-state index contributed by atoms with van der Waals surface area (Å²) in [6.07, 6.45) is -1.32. The number of nitrogens with one attached hydrogen (secondary N) is 1. The second-order valence-electron chi connectivity index (χ2n) is 2.33. The molecule has 1 N–H and O–H groups in total. The smallest absolute Gasteiger partial charge is 0.279 e. The monoisotopic (exact) mass is 285 g/mol. The van der Waals surface area contributed by atoms with Crippen LogP contribution >= 0.6 is 22.6 Å². The number of pyridine rings is 1. The summed E-state index contributed by atoms with van der Waals surface area (Å²) in [6, 6.07) is 0. The Hall–Kier alpha value is -0.460. The lowest BCUT2D eigenvalue weighted by molar-refractivity contribution is 0.145. The Kier molecular flexibility index (Phi) is 2.81. The molecule has 5 heteroatoms. The summed E-state index contributed by atoms with van der Waals surface area (Å²) < 4.78 is 24.4. The predicted molar refractivity (Wildman–Crippen MR) is 49.5 cm³/mol. The first-order valence-corrected chi connectivity index (χ1v) is 4.27. The zero-order valence-electron chi connectivity index (χ0n) is 6.20. The van der Waals surface area contributed by atoms with Gasteiger partial charge in [0.2, 0.25) is 0 Å². The van der Waals surface area contributed by atoms with Gasteiger partial charge in [0.15, 0.2) is 5.43 Å². The fourth-order valence-corrected chi connectivity index (χ4v) is 1.59. The minimum absolute atomic E-state index is 0.0719. The summed E-state index contributed by atoms with van der Waals surface area (Å²) in [4.78, 5) is 13.5. The predicted octanol–water partition coefficient (Wildman–Crippen LogP) is 2.23. The number of aromatic nitrogens is 1. The first-order valence-electron chi connectivity index (χ1n) is 3.20. The van der Waals surface area contributed by atoms with E-state index in [9.17, 15) is 13.6 Å². The van der Waals surface area contributed by atoms with Crippen LogP contribution in [0.3, 0.4) is 0 Å². The second kappa shape index (κ2) is 3.51. The third kappa shape index (κ3) is 1.65. The molecule has 0 amide bonds. The van der Waals surface area contributed by atoms with Crippen LogP contribution in [-0.4, -0.2) is 4.98 Å². The maximum absolute atomic E-state index is 12.2. The van der Waals surface area contributed by atoms with E-state index in [-0.39, 0.29) is 14.7 Å². The average Bonchev–Trinajstić information content (AvgIpc) is 2.00. The standard InChI is InChI=1S/C7H6F2INO/c1-3-2-11-5(7(8)9)4(10)6(3)12/h2,7H,1H3,(H,11,12). The van der Waals surface area contributed by atoms with Gasteiger partial charge in [0.25, 0.3) is 6.43 Å². The highest BCUT2D eigenvalue weighted by Crippen LogP contribution is 2.19. The fourth-order valence-electron chi connectivity index (χ4n) is 0.769. The maximum atomic E-state index is 12.2. The zero-order valence-corrected chi connectivity index (χ0v) is 8.35. The van der Waals surface area contributed by atoms with E-state index < -0.39 is 6.43 Å². The van der Waals surface area contributed by atoms with E-state index in [0.717, 1.165) is 0 Å². The van der Waals surface area contributed by atoms with Crippen molar-refractivity contribution in [3.8, 4) is 0 Å². The first kappa shape index (κ1) is 9.63. The molecule has 12 heavy (non-hydrogen) atoms. The van der Waals surface area contributed by atoms with Crippen molar-refractivity contribution >= 4 is 22.6 Å². The summed E-state index contributed by atoms with van der Waals surface area (Å²) in [5.74, 6) is 0. The van der Waals surface area contributed by atoms with Crippen LogP contribution < -0.4 is 5.43 Å². The Balaban J connectivity index is 3.37. The molecule has 0 bridgehead atoms. The molecule has 0 radical (unpaired) electrons. The van der Waals surface area contributed by atoms with Gasteiger partial charge in [-0.25, -0.2) is 8.78 Å². The molecule has 0 aromatic carbocycles. The number of alkyl halides is 2. The van der Waals surface area contributed by atoms with Crippen molar-refractivity contribution in [1.29, 1.82) is 0 Å². The highest BCUT2D eigenvalue weighted by atomic mass is 127. The van der Waals surface area contributed by atoms with Crippen LogP contribution in [0.15, 0.2) is 11.0 Å². The van der Waals surface area contributed by atoms with Crippen LogP contribution in [0, 0.1) is 10.5 Å². The van der Waals surface area contributed by atoms with Crippen molar-refractivity contribution in [2.45, 2.75) is 13.3 Å². The first-order chi connectivity index (χ1) is 5.54. The molecule has 1 aromatic rings. The van der Waals surface area contributed by atoms with Gasteiger partial charge in [0, 0.05) is 11.8 Å². The van der Waals surface area contributed by atoms with E-state index in [2.05, 4.69) is 4.98 Å². The molecule has 0 fully saturated rings. The number of hydrogen-bond acceptors (Lipinski definition) is 1. The van der Waals surface area contributed by atoms with Crippen molar-refractivity contribution in [3.05, 3.63) is 31.2 Å². The van der Waals surface area contributed by atoms with Crippen LogP contribution in [0.2, 0.25) is 0 Å². The molecule has 0 saturated carbocycles. The Labute approximate surface area is 81.1 Å².